The van der Waals surface area contributed by atoms with Gasteiger partial charge in [0, 0.05) is 32.1 Å². The molecule has 2 atom stereocenters. The lowest BCUT2D eigenvalue weighted by Crippen LogP contribution is -2.54. The molecule has 2 N–H and O–H groups in total. The van der Waals surface area contributed by atoms with E-state index in [1.807, 2.05) is 13.1 Å². The molecule has 142 valence electrons. The Morgan fingerprint density at radius 2 is 1.96 bits per heavy atom. The maximum absolute atomic E-state index is 13.1. The molecule has 4 amide bonds. The molecule has 2 fully saturated rings. The highest BCUT2D eigenvalue weighted by atomic mass is 16.2. The number of fused-ring (bicyclic) bond motifs is 1. The molecule has 4 rings (SSSR count). The first-order valence-electron chi connectivity index (χ1n) is 9.22. The zero-order chi connectivity index (χ0) is 19.1. The van der Waals surface area contributed by atoms with Crippen LogP contribution in [0.5, 0.6) is 0 Å². The van der Waals surface area contributed by atoms with Crippen LogP contribution in [0.1, 0.15) is 45.5 Å². The maximum Gasteiger partial charge on any atom is 0.262 e. The van der Waals surface area contributed by atoms with Gasteiger partial charge in [-0.3, -0.25) is 34.3 Å². The number of rotatable bonds is 4. The van der Waals surface area contributed by atoms with Crippen molar-refractivity contribution in [2.24, 2.45) is 0 Å². The molecule has 1 aromatic carbocycles. The van der Waals surface area contributed by atoms with Gasteiger partial charge in [-0.2, -0.15) is 0 Å². The summed E-state index contributed by atoms with van der Waals surface area (Å²) in [6.07, 6.45) is 1.33. The summed E-state index contributed by atoms with van der Waals surface area (Å²) in [5.74, 6) is -1.86. The van der Waals surface area contributed by atoms with Gasteiger partial charge in [0.1, 0.15) is 6.04 Å². The number of likely N-dealkylation sites (N-methyl/N-ethyl adjacent to an activating group) is 1. The third-order valence-electron chi connectivity index (χ3n) is 5.63. The molecule has 0 saturated carbocycles. The normalized spacial score (nSPS) is 25.9. The fourth-order valence-corrected chi connectivity index (χ4v) is 4.17. The van der Waals surface area contributed by atoms with Crippen molar-refractivity contribution in [3.63, 3.8) is 0 Å². The van der Waals surface area contributed by atoms with Crippen LogP contribution < -0.4 is 10.6 Å². The summed E-state index contributed by atoms with van der Waals surface area (Å²) in [5, 5.41) is 5.48. The van der Waals surface area contributed by atoms with Crippen molar-refractivity contribution in [2.75, 3.05) is 20.1 Å². The van der Waals surface area contributed by atoms with Crippen LogP contribution in [0.15, 0.2) is 18.2 Å². The number of piperidine rings is 1. The topological polar surface area (TPSA) is 98.8 Å². The molecular formula is C19H22N4O4. The molecule has 8 heteroatoms. The van der Waals surface area contributed by atoms with Crippen molar-refractivity contribution >= 4 is 23.6 Å². The summed E-state index contributed by atoms with van der Waals surface area (Å²) in [6.45, 7) is 2.40. The van der Waals surface area contributed by atoms with Crippen molar-refractivity contribution in [3.8, 4) is 0 Å². The van der Waals surface area contributed by atoms with Crippen LogP contribution >= 0.6 is 0 Å². The summed E-state index contributed by atoms with van der Waals surface area (Å²) in [4.78, 5) is 52.7. The molecule has 1 unspecified atom stereocenters. The average molecular weight is 370 g/mol. The minimum atomic E-state index is -0.927. The Kier molecular flexibility index (Phi) is 4.53. The van der Waals surface area contributed by atoms with E-state index in [9.17, 15) is 19.2 Å². The monoisotopic (exact) mass is 370 g/mol. The largest absolute Gasteiger partial charge is 0.316 e. The van der Waals surface area contributed by atoms with Crippen LogP contribution in [0.25, 0.3) is 0 Å². The number of hydrogen-bond donors (Lipinski definition) is 2. The smallest absolute Gasteiger partial charge is 0.262 e. The van der Waals surface area contributed by atoms with Gasteiger partial charge in [-0.1, -0.05) is 12.1 Å². The first-order chi connectivity index (χ1) is 13.0. The van der Waals surface area contributed by atoms with Crippen LogP contribution in [0.2, 0.25) is 0 Å². The quantitative estimate of drug-likeness (QED) is 0.717. The molecule has 1 aromatic rings. The molecule has 0 aliphatic carbocycles. The van der Waals surface area contributed by atoms with E-state index < -0.39 is 23.8 Å². The lowest BCUT2D eigenvalue weighted by atomic mass is 10.0. The lowest BCUT2D eigenvalue weighted by Gasteiger charge is -2.28. The van der Waals surface area contributed by atoms with Crippen molar-refractivity contribution in [3.05, 3.63) is 34.9 Å². The standard InChI is InChI=1S/C19H22N4O4/c1-20-12-7-8-22(10-12)9-11-3-2-4-13-16(11)19(27)23(18(13)26)14-5-6-15(24)21-17(14)25/h2-4,12,14,20H,5-10H2,1H3,(H,21,24,25)/t12-,14?/m1/s1. The van der Waals surface area contributed by atoms with E-state index in [1.54, 1.807) is 12.1 Å². The number of hydrogen-bond acceptors (Lipinski definition) is 6. The first-order valence-corrected chi connectivity index (χ1v) is 9.22. The highest BCUT2D eigenvalue weighted by Crippen LogP contribution is 2.31. The Hall–Kier alpha value is -2.58. The molecule has 0 radical (unpaired) electrons. The van der Waals surface area contributed by atoms with Crippen LogP contribution in [-0.4, -0.2) is 65.6 Å². The van der Waals surface area contributed by atoms with Gasteiger partial charge >= 0.3 is 0 Å². The zero-order valence-corrected chi connectivity index (χ0v) is 15.2. The average Bonchev–Trinajstić information content (AvgIpc) is 3.20. The SMILES string of the molecule is CN[C@@H]1CCN(Cc2cccc3c2C(=O)N(C2CCC(=O)NC2=O)C3=O)C1. The Bertz CT molecular complexity index is 837. The molecule has 3 aliphatic heterocycles. The summed E-state index contributed by atoms with van der Waals surface area (Å²) in [6, 6.07) is 4.78. The van der Waals surface area contributed by atoms with Gasteiger partial charge in [0.25, 0.3) is 11.8 Å². The van der Waals surface area contributed by atoms with Crippen molar-refractivity contribution in [1.29, 1.82) is 0 Å². The van der Waals surface area contributed by atoms with Crippen molar-refractivity contribution in [1.82, 2.24) is 20.4 Å². The summed E-state index contributed by atoms with van der Waals surface area (Å²) in [5.41, 5.74) is 1.53. The summed E-state index contributed by atoms with van der Waals surface area (Å²) in [7, 11) is 1.94. The fraction of sp³-hybridized carbons (Fsp3) is 0.474. The van der Waals surface area contributed by atoms with Gasteiger partial charge in [-0.25, -0.2) is 0 Å². The van der Waals surface area contributed by atoms with E-state index in [0.717, 1.165) is 30.0 Å². The second kappa shape index (κ2) is 6.86. The Morgan fingerprint density at radius 1 is 1.15 bits per heavy atom. The molecule has 0 bridgehead atoms. The van der Waals surface area contributed by atoms with E-state index >= 15 is 0 Å². The number of benzene rings is 1. The van der Waals surface area contributed by atoms with E-state index in [4.69, 9.17) is 0 Å². The van der Waals surface area contributed by atoms with Crippen LogP contribution in [0.4, 0.5) is 0 Å². The number of imide groups is 2. The minimum Gasteiger partial charge on any atom is -0.316 e. The minimum absolute atomic E-state index is 0.121. The van der Waals surface area contributed by atoms with E-state index in [1.165, 1.54) is 0 Å². The number of nitrogens with zero attached hydrogens (tertiary/aromatic N) is 2. The lowest BCUT2D eigenvalue weighted by molar-refractivity contribution is -0.136. The molecule has 27 heavy (non-hydrogen) atoms. The molecule has 3 heterocycles. The Balaban J connectivity index is 1.60. The number of nitrogens with one attached hydrogen (secondary N) is 2. The Labute approximate surface area is 156 Å². The van der Waals surface area contributed by atoms with Crippen molar-refractivity contribution in [2.45, 2.75) is 37.9 Å². The van der Waals surface area contributed by atoms with Crippen LogP contribution in [0, 0.1) is 0 Å². The Morgan fingerprint density at radius 3 is 2.67 bits per heavy atom. The van der Waals surface area contributed by atoms with Gasteiger partial charge in [-0.15, -0.1) is 0 Å². The maximum atomic E-state index is 13.1. The molecular weight excluding hydrogens is 348 g/mol. The number of likely N-dealkylation sites (tertiary alicyclic amines) is 1. The van der Waals surface area contributed by atoms with Crippen LogP contribution in [-0.2, 0) is 16.1 Å². The summed E-state index contributed by atoms with van der Waals surface area (Å²) < 4.78 is 0. The number of carbonyl (C=O) groups excluding carboxylic acids is 4. The van der Waals surface area contributed by atoms with E-state index in [0.29, 0.717) is 23.7 Å². The van der Waals surface area contributed by atoms with Gasteiger partial charge in [0.15, 0.2) is 0 Å². The highest BCUT2D eigenvalue weighted by molar-refractivity contribution is 6.24. The second-order valence-corrected chi connectivity index (χ2v) is 7.30. The molecule has 8 nitrogen and oxygen atoms in total. The molecule has 3 aliphatic rings. The van der Waals surface area contributed by atoms with Crippen molar-refractivity contribution < 1.29 is 19.2 Å². The third kappa shape index (κ3) is 3.04. The molecule has 0 aromatic heterocycles. The second-order valence-electron chi connectivity index (χ2n) is 7.30. The fourth-order valence-electron chi connectivity index (χ4n) is 4.17. The van der Waals surface area contributed by atoms with Gasteiger partial charge in [0.05, 0.1) is 11.1 Å². The zero-order valence-electron chi connectivity index (χ0n) is 15.2. The number of amides is 4. The van der Waals surface area contributed by atoms with Gasteiger partial charge in [-0.05, 0) is 31.5 Å². The van der Waals surface area contributed by atoms with Crippen LogP contribution in [0.3, 0.4) is 0 Å². The molecule has 2 saturated heterocycles. The highest BCUT2D eigenvalue weighted by Gasteiger charge is 2.45. The number of carbonyl (C=O) groups is 4. The van der Waals surface area contributed by atoms with Gasteiger partial charge < -0.3 is 5.32 Å². The van der Waals surface area contributed by atoms with E-state index in [-0.39, 0.29) is 18.7 Å². The summed E-state index contributed by atoms with van der Waals surface area (Å²) >= 11 is 0. The predicted octanol–water partition coefficient (Wildman–Crippen LogP) is -0.118. The van der Waals surface area contributed by atoms with E-state index in [2.05, 4.69) is 15.5 Å². The predicted molar refractivity (Wildman–Crippen MR) is 95.9 cm³/mol. The van der Waals surface area contributed by atoms with Gasteiger partial charge in [0.2, 0.25) is 11.8 Å². The first kappa shape index (κ1) is 17.8. The molecule has 0 spiro atoms. The third-order valence-corrected chi connectivity index (χ3v) is 5.63.